The molecule has 3 heterocycles. The number of aryl methyl sites for hydroxylation is 1. The van der Waals surface area contributed by atoms with Crippen LogP contribution in [0.5, 0.6) is 0 Å². The van der Waals surface area contributed by atoms with E-state index in [1.807, 2.05) is 50.2 Å². The van der Waals surface area contributed by atoms with Crippen LogP contribution < -0.4 is 10.5 Å². The Morgan fingerprint density at radius 2 is 2.07 bits per heavy atom. The van der Waals surface area contributed by atoms with E-state index in [2.05, 4.69) is 9.97 Å². The highest BCUT2D eigenvalue weighted by atomic mass is 32.1. The van der Waals surface area contributed by atoms with Gasteiger partial charge < -0.3 is 4.90 Å². The quantitative estimate of drug-likeness (QED) is 0.546. The van der Waals surface area contributed by atoms with Gasteiger partial charge in [-0.05, 0) is 43.7 Å². The number of thiophene rings is 1. The molecule has 0 saturated heterocycles. The first kappa shape index (κ1) is 17.4. The molecule has 1 amide bonds. The molecule has 27 heavy (non-hydrogen) atoms. The van der Waals surface area contributed by atoms with Gasteiger partial charge in [-0.3, -0.25) is 14.2 Å². The number of likely N-dealkylation sites (N-methyl/N-ethyl adjacent to an activating group) is 1. The first-order valence-corrected chi connectivity index (χ1v) is 9.50. The standard InChI is InChI=1S/C20H18N4O2S/c1-3-24(14-7-4-6-13(2)10-14)16(25)11-23-12-22-17-15-8-5-9-21-19(15)27-18(17)20(23)26/h4-10,12H,3,11H2,1-2H3. The Hall–Kier alpha value is -3.06. The lowest BCUT2D eigenvalue weighted by Crippen LogP contribution is -2.36. The average Bonchev–Trinajstić information content (AvgIpc) is 3.04. The average molecular weight is 378 g/mol. The Morgan fingerprint density at radius 1 is 1.22 bits per heavy atom. The fourth-order valence-electron chi connectivity index (χ4n) is 3.15. The molecule has 6 nitrogen and oxygen atoms in total. The molecule has 1 aromatic carbocycles. The number of pyridine rings is 1. The van der Waals surface area contributed by atoms with Crippen LogP contribution in [0.4, 0.5) is 5.69 Å². The SMILES string of the molecule is CCN(C(=O)Cn1cnc2c(sc3ncccc32)c1=O)c1cccc(C)c1. The van der Waals surface area contributed by atoms with Gasteiger partial charge in [0.15, 0.2) is 0 Å². The summed E-state index contributed by atoms with van der Waals surface area (Å²) < 4.78 is 1.90. The molecule has 4 rings (SSSR count). The number of carbonyl (C=O) groups excluding carboxylic acids is 1. The zero-order valence-electron chi connectivity index (χ0n) is 15.0. The first-order chi connectivity index (χ1) is 13.1. The van der Waals surface area contributed by atoms with Gasteiger partial charge in [0.05, 0.1) is 11.8 Å². The molecular weight excluding hydrogens is 360 g/mol. The maximum absolute atomic E-state index is 12.9. The smallest absolute Gasteiger partial charge is 0.271 e. The minimum Gasteiger partial charge on any atom is -0.311 e. The Balaban J connectivity index is 1.70. The third-order valence-electron chi connectivity index (χ3n) is 4.46. The molecule has 0 spiro atoms. The predicted octanol–water partition coefficient (Wildman–Crippen LogP) is 3.37. The van der Waals surface area contributed by atoms with E-state index in [4.69, 9.17) is 0 Å². The van der Waals surface area contributed by atoms with Crippen LogP contribution in [0.15, 0.2) is 53.7 Å². The molecule has 0 unspecified atom stereocenters. The number of rotatable bonds is 4. The normalized spacial score (nSPS) is 11.2. The number of carbonyl (C=O) groups is 1. The highest BCUT2D eigenvalue weighted by molar-refractivity contribution is 7.25. The van der Waals surface area contributed by atoms with E-state index >= 15 is 0 Å². The number of aromatic nitrogens is 3. The van der Waals surface area contributed by atoms with Gasteiger partial charge >= 0.3 is 0 Å². The van der Waals surface area contributed by atoms with Crippen molar-refractivity contribution in [3.8, 4) is 0 Å². The minimum atomic E-state index is -0.211. The van der Waals surface area contributed by atoms with E-state index in [0.29, 0.717) is 16.8 Å². The number of benzene rings is 1. The van der Waals surface area contributed by atoms with Gasteiger partial charge in [-0.25, -0.2) is 9.97 Å². The van der Waals surface area contributed by atoms with Crippen LogP contribution in [0.2, 0.25) is 0 Å². The molecule has 7 heteroatoms. The summed E-state index contributed by atoms with van der Waals surface area (Å²) in [6.07, 6.45) is 3.15. The Morgan fingerprint density at radius 3 is 2.85 bits per heavy atom. The molecule has 0 aliphatic rings. The number of amides is 1. The molecule has 0 N–H and O–H groups in total. The minimum absolute atomic E-state index is 0.0504. The summed E-state index contributed by atoms with van der Waals surface area (Å²) in [5, 5.41) is 0.864. The van der Waals surface area contributed by atoms with E-state index in [-0.39, 0.29) is 18.0 Å². The fourth-order valence-corrected chi connectivity index (χ4v) is 4.19. The van der Waals surface area contributed by atoms with Crippen molar-refractivity contribution in [3.63, 3.8) is 0 Å². The summed E-state index contributed by atoms with van der Waals surface area (Å²) in [4.78, 5) is 36.9. The van der Waals surface area contributed by atoms with E-state index in [1.165, 1.54) is 22.2 Å². The van der Waals surface area contributed by atoms with E-state index in [1.54, 1.807) is 11.1 Å². The third kappa shape index (κ3) is 3.10. The zero-order valence-corrected chi connectivity index (χ0v) is 15.9. The summed E-state index contributed by atoms with van der Waals surface area (Å²) in [7, 11) is 0. The monoisotopic (exact) mass is 378 g/mol. The molecule has 0 aliphatic heterocycles. The largest absolute Gasteiger partial charge is 0.311 e. The van der Waals surface area contributed by atoms with Crippen molar-refractivity contribution < 1.29 is 4.79 Å². The number of nitrogens with zero attached hydrogens (tertiary/aromatic N) is 4. The Bertz CT molecular complexity index is 1210. The molecule has 0 fully saturated rings. The van der Waals surface area contributed by atoms with Crippen LogP contribution in [0.3, 0.4) is 0 Å². The number of hydrogen-bond donors (Lipinski definition) is 0. The van der Waals surface area contributed by atoms with E-state index < -0.39 is 0 Å². The van der Waals surface area contributed by atoms with Gasteiger partial charge in [-0.2, -0.15) is 0 Å². The number of anilines is 1. The maximum Gasteiger partial charge on any atom is 0.271 e. The second kappa shape index (κ2) is 6.92. The second-order valence-electron chi connectivity index (χ2n) is 6.29. The molecule has 0 aliphatic carbocycles. The van der Waals surface area contributed by atoms with E-state index in [9.17, 15) is 9.59 Å². The van der Waals surface area contributed by atoms with Crippen molar-refractivity contribution in [2.24, 2.45) is 0 Å². The van der Waals surface area contributed by atoms with Crippen LogP contribution in [0, 0.1) is 6.92 Å². The van der Waals surface area contributed by atoms with Crippen molar-refractivity contribution in [1.82, 2.24) is 14.5 Å². The lowest BCUT2D eigenvalue weighted by atomic mass is 10.2. The van der Waals surface area contributed by atoms with Crippen LogP contribution in [0.25, 0.3) is 20.4 Å². The first-order valence-electron chi connectivity index (χ1n) is 8.68. The maximum atomic E-state index is 12.9. The molecule has 3 aromatic heterocycles. The summed E-state index contributed by atoms with van der Waals surface area (Å²) in [5.74, 6) is -0.148. The van der Waals surface area contributed by atoms with Gasteiger partial charge in [-0.15, -0.1) is 11.3 Å². The lowest BCUT2D eigenvalue weighted by Gasteiger charge is -2.21. The van der Waals surface area contributed by atoms with Crippen molar-refractivity contribution >= 4 is 43.4 Å². The second-order valence-corrected chi connectivity index (χ2v) is 7.29. The van der Waals surface area contributed by atoms with Gasteiger partial charge in [0.25, 0.3) is 5.56 Å². The van der Waals surface area contributed by atoms with E-state index in [0.717, 1.165) is 21.5 Å². The van der Waals surface area contributed by atoms with Crippen molar-refractivity contribution in [2.45, 2.75) is 20.4 Å². The lowest BCUT2D eigenvalue weighted by molar-refractivity contribution is -0.119. The molecule has 0 radical (unpaired) electrons. The summed E-state index contributed by atoms with van der Waals surface area (Å²) in [6.45, 7) is 4.38. The highest BCUT2D eigenvalue weighted by Gasteiger charge is 2.17. The molecule has 0 bridgehead atoms. The van der Waals surface area contributed by atoms with Crippen molar-refractivity contribution in [3.05, 3.63) is 64.8 Å². The summed E-state index contributed by atoms with van der Waals surface area (Å²) >= 11 is 1.31. The van der Waals surface area contributed by atoms with Gasteiger partial charge in [0.2, 0.25) is 5.91 Å². The van der Waals surface area contributed by atoms with Gasteiger partial charge in [0, 0.05) is 23.8 Å². The Kier molecular flexibility index (Phi) is 4.45. The van der Waals surface area contributed by atoms with Crippen LogP contribution in [0.1, 0.15) is 12.5 Å². The molecular formula is C20H18N4O2S. The summed E-state index contributed by atoms with van der Waals surface area (Å²) in [5.41, 5.74) is 2.34. The number of hydrogen-bond acceptors (Lipinski definition) is 5. The molecule has 0 saturated carbocycles. The van der Waals surface area contributed by atoms with Crippen LogP contribution >= 0.6 is 11.3 Å². The summed E-state index contributed by atoms with van der Waals surface area (Å²) in [6, 6.07) is 11.5. The van der Waals surface area contributed by atoms with Gasteiger partial charge in [-0.1, -0.05) is 12.1 Å². The predicted molar refractivity (Wildman–Crippen MR) is 108 cm³/mol. The number of fused-ring (bicyclic) bond motifs is 3. The molecule has 136 valence electrons. The molecule has 0 atom stereocenters. The fraction of sp³-hybridized carbons (Fsp3) is 0.200. The highest BCUT2D eigenvalue weighted by Crippen LogP contribution is 2.28. The Labute approximate surface area is 159 Å². The van der Waals surface area contributed by atoms with Crippen molar-refractivity contribution in [1.29, 1.82) is 0 Å². The zero-order chi connectivity index (χ0) is 19.0. The van der Waals surface area contributed by atoms with Crippen LogP contribution in [-0.4, -0.2) is 27.0 Å². The van der Waals surface area contributed by atoms with Crippen molar-refractivity contribution in [2.75, 3.05) is 11.4 Å². The van der Waals surface area contributed by atoms with Gasteiger partial charge in [0.1, 0.15) is 16.1 Å². The van der Waals surface area contributed by atoms with Crippen LogP contribution in [-0.2, 0) is 11.3 Å². The topological polar surface area (TPSA) is 68.1 Å². The third-order valence-corrected chi connectivity index (χ3v) is 5.55. The molecule has 4 aromatic rings.